The van der Waals surface area contributed by atoms with Gasteiger partial charge in [-0.1, -0.05) is 0 Å². The lowest BCUT2D eigenvalue weighted by Gasteiger charge is -2.49. The molecule has 122 valence electrons. The molecule has 0 amide bonds. The molecular formula is C15H22N2O4S. The van der Waals surface area contributed by atoms with E-state index in [2.05, 4.69) is 4.98 Å². The van der Waals surface area contributed by atoms with Crippen LogP contribution in [0.1, 0.15) is 19.3 Å². The van der Waals surface area contributed by atoms with E-state index in [0.717, 1.165) is 25.9 Å². The Bertz CT molecular complexity index is 607. The van der Waals surface area contributed by atoms with E-state index >= 15 is 0 Å². The molecule has 7 heteroatoms. The Kier molecular flexibility index (Phi) is 4.38. The van der Waals surface area contributed by atoms with Crippen LogP contribution in [0.2, 0.25) is 0 Å². The molecule has 0 spiro atoms. The van der Waals surface area contributed by atoms with Crippen molar-refractivity contribution in [3.8, 4) is 5.75 Å². The van der Waals surface area contributed by atoms with Crippen molar-refractivity contribution < 1.29 is 17.9 Å². The number of hydrogen-bond acceptors (Lipinski definition) is 5. The van der Waals surface area contributed by atoms with Gasteiger partial charge in [-0.25, -0.2) is 12.7 Å². The summed E-state index contributed by atoms with van der Waals surface area (Å²) >= 11 is 0. The number of piperidine rings is 1. The molecule has 2 aliphatic rings. The van der Waals surface area contributed by atoms with Gasteiger partial charge in [-0.3, -0.25) is 4.98 Å². The highest BCUT2D eigenvalue weighted by Crippen LogP contribution is 2.41. The molecule has 3 rings (SSSR count). The second-order valence-corrected chi connectivity index (χ2v) is 8.17. The summed E-state index contributed by atoms with van der Waals surface area (Å²) in [5.41, 5.74) is -0.268. The van der Waals surface area contributed by atoms with Crippen molar-refractivity contribution in [3.05, 3.63) is 24.5 Å². The van der Waals surface area contributed by atoms with Crippen molar-refractivity contribution in [1.82, 2.24) is 9.29 Å². The van der Waals surface area contributed by atoms with E-state index in [1.165, 1.54) is 6.26 Å². The van der Waals surface area contributed by atoms with Gasteiger partial charge in [-0.2, -0.15) is 0 Å². The Morgan fingerprint density at radius 3 is 3.14 bits per heavy atom. The third kappa shape index (κ3) is 3.26. The van der Waals surface area contributed by atoms with E-state index in [9.17, 15) is 8.42 Å². The van der Waals surface area contributed by atoms with Gasteiger partial charge in [-0.15, -0.1) is 0 Å². The van der Waals surface area contributed by atoms with Gasteiger partial charge in [0, 0.05) is 31.3 Å². The van der Waals surface area contributed by atoms with Crippen molar-refractivity contribution in [3.63, 3.8) is 0 Å². The fraction of sp³-hybridized carbons (Fsp3) is 0.667. The topological polar surface area (TPSA) is 68.7 Å². The Hall–Kier alpha value is -1.18. The molecule has 2 atom stereocenters. The molecule has 0 aliphatic carbocycles. The Morgan fingerprint density at radius 1 is 1.55 bits per heavy atom. The Balaban J connectivity index is 1.78. The number of fused-ring (bicyclic) bond motifs is 1. The summed E-state index contributed by atoms with van der Waals surface area (Å²) in [6, 6.07) is 3.69. The average Bonchev–Trinajstić information content (AvgIpc) is 2.52. The molecule has 6 nitrogen and oxygen atoms in total. The average molecular weight is 326 g/mol. The maximum absolute atomic E-state index is 11.9. The molecule has 2 aliphatic heterocycles. The zero-order valence-electron chi connectivity index (χ0n) is 12.8. The maximum atomic E-state index is 11.9. The molecule has 0 radical (unpaired) electrons. The summed E-state index contributed by atoms with van der Waals surface area (Å²) in [6.07, 6.45) is 7.29. The van der Waals surface area contributed by atoms with Crippen molar-refractivity contribution >= 4 is 10.0 Å². The van der Waals surface area contributed by atoms with Crippen LogP contribution in [0.15, 0.2) is 24.5 Å². The van der Waals surface area contributed by atoms with Crippen LogP contribution in [0, 0.1) is 5.41 Å². The lowest BCUT2D eigenvalue weighted by atomic mass is 9.73. The quantitative estimate of drug-likeness (QED) is 0.834. The van der Waals surface area contributed by atoms with Gasteiger partial charge in [-0.05, 0) is 31.4 Å². The summed E-state index contributed by atoms with van der Waals surface area (Å²) < 4.78 is 37.2. The van der Waals surface area contributed by atoms with Crippen LogP contribution in [-0.4, -0.2) is 56.4 Å². The third-order valence-electron chi connectivity index (χ3n) is 4.58. The van der Waals surface area contributed by atoms with Crippen molar-refractivity contribution in [2.45, 2.75) is 25.4 Å². The van der Waals surface area contributed by atoms with Crippen LogP contribution >= 0.6 is 0 Å². The lowest BCUT2D eigenvalue weighted by molar-refractivity contribution is -0.128. The van der Waals surface area contributed by atoms with E-state index in [4.69, 9.17) is 9.47 Å². The first-order valence-corrected chi connectivity index (χ1v) is 9.44. The van der Waals surface area contributed by atoms with Gasteiger partial charge in [0.25, 0.3) is 0 Å². The molecule has 3 heterocycles. The Labute approximate surface area is 131 Å². The minimum atomic E-state index is -3.19. The first kappa shape index (κ1) is 15.7. The zero-order chi connectivity index (χ0) is 15.6. The number of pyridine rings is 1. The van der Waals surface area contributed by atoms with Crippen LogP contribution in [0.25, 0.3) is 0 Å². The first-order chi connectivity index (χ1) is 10.5. The van der Waals surface area contributed by atoms with E-state index in [0.29, 0.717) is 25.4 Å². The predicted octanol–water partition coefficient (Wildman–Crippen LogP) is 1.29. The number of sulfonamides is 1. The summed E-state index contributed by atoms with van der Waals surface area (Å²) in [7, 11) is -3.19. The van der Waals surface area contributed by atoms with Crippen LogP contribution in [0.5, 0.6) is 5.75 Å². The molecule has 0 N–H and O–H groups in total. The highest BCUT2D eigenvalue weighted by Gasteiger charge is 2.48. The molecular weight excluding hydrogens is 304 g/mol. The predicted molar refractivity (Wildman–Crippen MR) is 82.2 cm³/mol. The SMILES string of the molecule is CS(=O)(=O)N1CC[C@@H]2OCCC[C@]2(COc2cccnc2)C1. The highest BCUT2D eigenvalue weighted by molar-refractivity contribution is 7.88. The summed E-state index contributed by atoms with van der Waals surface area (Å²) in [4.78, 5) is 4.04. The van der Waals surface area contributed by atoms with Crippen LogP contribution in [0.3, 0.4) is 0 Å². The first-order valence-electron chi connectivity index (χ1n) is 7.59. The molecule has 1 aromatic rings. The minimum Gasteiger partial charge on any atom is -0.491 e. The second-order valence-electron chi connectivity index (χ2n) is 6.19. The van der Waals surface area contributed by atoms with Crippen LogP contribution < -0.4 is 4.74 Å². The van der Waals surface area contributed by atoms with Gasteiger partial charge in [0.05, 0.1) is 25.2 Å². The van der Waals surface area contributed by atoms with Crippen LogP contribution in [0.4, 0.5) is 0 Å². The van der Waals surface area contributed by atoms with E-state index in [1.807, 2.05) is 12.1 Å². The molecule has 0 unspecified atom stereocenters. The minimum absolute atomic E-state index is 0.0657. The van der Waals surface area contributed by atoms with Crippen molar-refractivity contribution in [2.24, 2.45) is 5.41 Å². The molecule has 0 saturated carbocycles. The van der Waals surface area contributed by atoms with Gasteiger partial charge < -0.3 is 9.47 Å². The smallest absolute Gasteiger partial charge is 0.211 e. The van der Waals surface area contributed by atoms with E-state index < -0.39 is 10.0 Å². The molecule has 2 saturated heterocycles. The fourth-order valence-corrected chi connectivity index (χ4v) is 4.33. The number of aromatic nitrogens is 1. The lowest BCUT2D eigenvalue weighted by Crippen LogP contribution is -2.58. The van der Waals surface area contributed by atoms with Gasteiger partial charge in [0.2, 0.25) is 10.0 Å². The number of rotatable bonds is 4. The highest BCUT2D eigenvalue weighted by atomic mass is 32.2. The fourth-order valence-electron chi connectivity index (χ4n) is 3.40. The summed E-state index contributed by atoms with van der Waals surface area (Å²) in [6.45, 7) is 2.20. The number of ether oxygens (including phenoxy) is 2. The van der Waals surface area contributed by atoms with E-state index in [-0.39, 0.29) is 11.5 Å². The monoisotopic (exact) mass is 326 g/mol. The molecule has 22 heavy (non-hydrogen) atoms. The van der Waals surface area contributed by atoms with Crippen molar-refractivity contribution in [2.75, 3.05) is 32.6 Å². The zero-order valence-corrected chi connectivity index (χ0v) is 13.6. The Morgan fingerprint density at radius 2 is 2.41 bits per heavy atom. The largest absolute Gasteiger partial charge is 0.491 e. The number of hydrogen-bond donors (Lipinski definition) is 0. The van der Waals surface area contributed by atoms with Crippen molar-refractivity contribution in [1.29, 1.82) is 0 Å². The van der Waals surface area contributed by atoms with Gasteiger partial charge in [0.15, 0.2) is 0 Å². The molecule has 0 aromatic carbocycles. The summed E-state index contributed by atoms with van der Waals surface area (Å²) in [5.74, 6) is 0.706. The van der Waals surface area contributed by atoms with E-state index in [1.54, 1.807) is 16.7 Å². The molecule has 2 fully saturated rings. The van der Waals surface area contributed by atoms with Gasteiger partial charge in [0.1, 0.15) is 5.75 Å². The van der Waals surface area contributed by atoms with Gasteiger partial charge >= 0.3 is 0 Å². The second kappa shape index (κ2) is 6.14. The maximum Gasteiger partial charge on any atom is 0.211 e. The number of nitrogens with zero attached hydrogens (tertiary/aromatic N) is 2. The van der Waals surface area contributed by atoms with Crippen LogP contribution in [-0.2, 0) is 14.8 Å². The normalized spacial score (nSPS) is 29.8. The molecule has 0 bridgehead atoms. The third-order valence-corrected chi connectivity index (χ3v) is 5.83. The molecule has 1 aromatic heterocycles. The standard InChI is InChI=1S/C15H22N2O4S/c1-22(18,19)17-8-5-14-15(11-17,6-3-9-20-14)12-21-13-4-2-7-16-10-13/h2,4,7,10,14H,3,5-6,8-9,11-12H2,1H3/t14-,15+/m0/s1. The summed E-state index contributed by atoms with van der Waals surface area (Å²) in [5, 5.41) is 0.